The number of benzene rings is 1. The maximum absolute atomic E-state index is 14.0. The number of hydrogen-bond donors (Lipinski definition) is 0. The number of rotatable bonds is 2. The fraction of sp³-hybridized carbons (Fsp3) is 0.125. The van der Waals surface area contributed by atoms with E-state index in [9.17, 15) is 4.39 Å². The first kappa shape index (κ1) is 13.0. The molecule has 4 heteroatoms. The SMILES string of the molecule is CCc1c(-c2ccccn2)nc2cccc(F)c2c1Cl. The van der Waals surface area contributed by atoms with Gasteiger partial charge in [-0.1, -0.05) is 30.7 Å². The molecule has 0 N–H and O–H groups in total. The van der Waals surface area contributed by atoms with Crippen LogP contribution in [0.15, 0.2) is 42.6 Å². The Labute approximate surface area is 121 Å². The maximum atomic E-state index is 14.0. The van der Waals surface area contributed by atoms with Gasteiger partial charge < -0.3 is 0 Å². The molecular formula is C16H12ClFN2. The van der Waals surface area contributed by atoms with Crippen molar-refractivity contribution in [3.63, 3.8) is 0 Å². The Morgan fingerprint density at radius 1 is 1.15 bits per heavy atom. The van der Waals surface area contributed by atoms with E-state index < -0.39 is 0 Å². The quantitative estimate of drug-likeness (QED) is 0.685. The minimum Gasteiger partial charge on any atom is -0.255 e. The van der Waals surface area contributed by atoms with Crippen molar-refractivity contribution in [2.45, 2.75) is 13.3 Å². The molecule has 2 heterocycles. The zero-order valence-corrected chi connectivity index (χ0v) is 11.7. The van der Waals surface area contributed by atoms with Gasteiger partial charge in [0.1, 0.15) is 5.82 Å². The van der Waals surface area contributed by atoms with E-state index in [2.05, 4.69) is 9.97 Å². The van der Waals surface area contributed by atoms with Crippen molar-refractivity contribution in [1.82, 2.24) is 9.97 Å². The van der Waals surface area contributed by atoms with Crippen molar-refractivity contribution >= 4 is 22.5 Å². The van der Waals surface area contributed by atoms with Crippen LogP contribution >= 0.6 is 11.6 Å². The normalized spacial score (nSPS) is 10.9. The fourth-order valence-corrected chi connectivity index (χ4v) is 2.71. The standard InChI is InChI=1S/C16H12ClFN2/c1-2-10-15(17)14-11(18)6-5-8-12(14)20-16(10)13-7-3-4-9-19-13/h3-9H,2H2,1H3. The highest BCUT2D eigenvalue weighted by Gasteiger charge is 2.16. The van der Waals surface area contributed by atoms with Gasteiger partial charge in [0.2, 0.25) is 0 Å². The monoisotopic (exact) mass is 286 g/mol. The average Bonchev–Trinajstić information content (AvgIpc) is 2.48. The predicted octanol–water partition coefficient (Wildman–Crippen LogP) is 4.65. The van der Waals surface area contributed by atoms with Crippen LogP contribution in [-0.4, -0.2) is 9.97 Å². The van der Waals surface area contributed by atoms with Gasteiger partial charge >= 0.3 is 0 Å². The van der Waals surface area contributed by atoms with Gasteiger partial charge in [-0.3, -0.25) is 4.98 Å². The summed E-state index contributed by atoms with van der Waals surface area (Å²) in [6.07, 6.45) is 2.38. The molecule has 0 fully saturated rings. The van der Waals surface area contributed by atoms with Gasteiger partial charge in [-0.2, -0.15) is 0 Å². The molecule has 0 aliphatic heterocycles. The second kappa shape index (κ2) is 5.17. The summed E-state index contributed by atoms with van der Waals surface area (Å²) < 4.78 is 14.0. The second-order valence-electron chi connectivity index (χ2n) is 4.46. The van der Waals surface area contributed by atoms with Gasteiger partial charge in [0, 0.05) is 6.20 Å². The van der Waals surface area contributed by atoms with E-state index in [1.54, 1.807) is 18.3 Å². The van der Waals surface area contributed by atoms with E-state index in [1.807, 2.05) is 25.1 Å². The Balaban J connectivity index is 2.39. The number of fused-ring (bicyclic) bond motifs is 1. The minimum absolute atomic E-state index is 0.345. The maximum Gasteiger partial charge on any atom is 0.134 e. The van der Waals surface area contributed by atoms with Crippen LogP contribution in [0.1, 0.15) is 12.5 Å². The van der Waals surface area contributed by atoms with E-state index in [0.29, 0.717) is 22.3 Å². The van der Waals surface area contributed by atoms with E-state index in [4.69, 9.17) is 11.6 Å². The molecule has 1 aromatic carbocycles. The average molecular weight is 287 g/mol. The topological polar surface area (TPSA) is 25.8 Å². The Kier molecular flexibility index (Phi) is 3.36. The zero-order chi connectivity index (χ0) is 14.1. The summed E-state index contributed by atoms with van der Waals surface area (Å²) >= 11 is 6.39. The summed E-state index contributed by atoms with van der Waals surface area (Å²) in [5.41, 5.74) is 2.84. The van der Waals surface area contributed by atoms with Crippen LogP contribution in [0.5, 0.6) is 0 Å². The molecule has 3 aromatic rings. The molecule has 100 valence electrons. The zero-order valence-electron chi connectivity index (χ0n) is 10.9. The number of pyridine rings is 2. The van der Waals surface area contributed by atoms with Crippen molar-refractivity contribution < 1.29 is 4.39 Å². The molecule has 0 bridgehead atoms. The van der Waals surface area contributed by atoms with E-state index in [1.165, 1.54) is 6.07 Å². The number of nitrogens with zero attached hydrogens (tertiary/aromatic N) is 2. The third-order valence-electron chi connectivity index (χ3n) is 3.26. The molecule has 3 rings (SSSR count). The van der Waals surface area contributed by atoms with Gasteiger partial charge in [0.15, 0.2) is 0 Å². The Morgan fingerprint density at radius 2 is 2.00 bits per heavy atom. The molecular weight excluding hydrogens is 275 g/mol. The first-order chi connectivity index (χ1) is 9.72. The van der Waals surface area contributed by atoms with Crippen LogP contribution in [0, 0.1) is 5.82 Å². The van der Waals surface area contributed by atoms with Crippen molar-refractivity contribution in [3.05, 3.63) is 59.0 Å². The molecule has 0 amide bonds. The predicted molar refractivity (Wildman–Crippen MR) is 79.3 cm³/mol. The van der Waals surface area contributed by atoms with E-state index in [0.717, 1.165) is 17.0 Å². The lowest BCUT2D eigenvalue weighted by Crippen LogP contribution is -1.98. The molecule has 2 aromatic heterocycles. The molecule has 0 spiro atoms. The van der Waals surface area contributed by atoms with Crippen LogP contribution in [0.25, 0.3) is 22.3 Å². The van der Waals surface area contributed by atoms with Crippen LogP contribution in [0.4, 0.5) is 4.39 Å². The van der Waals surface area contributed by atoms with E-state index >= 15 is 0 Å². The van der Waals surface area contributed by atoms with Gasteiger partial charge in [-0.15, -0.1) is 0 Å². The van der Waals surface area contributed by atoms with Crippen LogP contribution in [0.3, 0.4) is 0 Å². The van der Waals surface area contributed by atoms with Crippen molar-refractivity contribution in [3.8, 4) is 11.4 Å². The molecule has 0 saturated heterocycles. The Morgan fingerprint density at radius 3 is 2.70 bits per heavy atom. The Hall–Kier alpha value is -2.00. The summed E-state index contributed by atoms with van der Waals surface area (Å²) in [6.45, 7) is 1.97. The smallest absolute Gasteiger partial charge is 0.134 e. The first-order valence-corrected chi connectivity index (χ1v) is 6.78. The van der Waals surface area contributed by atoms with Crippen LogP contribution in [-0.2, 0) is 6.42 Å². The molecule has 0 unspecified atom stereocenters. The Bertz CT molecular complexity index is 772. The van der Waals surface area contributed by atoms with Crippen LogP contribution < -0.4 is 0 Å². The van der Waals surface area contributed by atoms with Crippen molar-refractivity contribution in [2.24, 2.45) is 0 Å². The molecule has 0 aliphatic rings. The summed E-state index contributed by atoms with van der Waals surface area (Å²) in [5, 5.41) is 0.807. The molecule has 0 aliphatic carbocycles. The van der Waals surface area contributed by atoms with Gasteiger partial charge in [-0.05, 0) is 36.2 Å². The minimum atomic E-state index is -0.345. The van der Waals surface area contributed by atoms with Gasteiger partial charge in [0.25, 0.3) is 0 Å². The first-order valence-electron chi connectivity index (χ1n) is 6.40. The lowest BCUT2D eigenvalue weighted by molar-refractivity contribution is 0.639. The summed E-state index contributed by atoms with van der Waals surface area (Å²) in [4.78, 5) is 8.86. The third kappa shape index (κ3) is 2.04. The highest BCUT2D eigenvalue weighted by molar-refractivity contribution is 6.36. The summed E-state index contributed by atoms with van der Waals surface area (Å²) in [5.74, 6) is -0.345. The molecule has 0 radical (unpaired) electrons. The molecule has 0 atom stereocenters. The largest absolute Gasteiger partial charge is 0.255 e. The summed E-state index contributed by atoms with van der Waals surface area (Å²) in [7, 11) is 0. The highest BCUT2D eigenvalue weighted by Crippen LogP contribution is 2.34. The lowest BCUT2D eigenvalue weighted by atomic mass is 10.0. The number of aromatic nitrogens is 2. The molecule has 2 nitrogen and oxygen atoms in total. The fourth-order valence-electron chi connectivity index (χ4n) is 2.30. The third-order valence-corrected chi connectivity index (χ3v) is 3.67. The van der Waals surface area contributed by atoms with E-state index in [-0.39, 0.29) is 5.82 Å². The molecule has 20 heavy (non-hydrogen) atoms. The number of halogens is 2. The van der Waals surface area contributed by atoms with Crippen molar-refractivity contribution in [2.75, 3.05) is 0 Å². The lowest BCUT2D eigenvalue weighted by Gasteiger charge is -2.12. The van der Waals surface area contributed by atoms with Crippen molar-refractivity contribution in [1.29, 1.82) is 0 Å². The molecule has 0 saturated carbocycles. The number of hydrogen-bond acceptors (Lipinski definition) is 2. The van der Waals surface area contributed by atoms with Gasteiger partial charge in [-0.25, -0.2) is 9.37 Å². The second-order valence-corrected chi connectivity index (χ2v) is 4.83. The highest BCUT2D eigenvalue weighted by atomic mass is 35.5. The summed E-state index contributed by atoms with van der Waals surface area (Å²) in [6, 6.07) is 10.4. The van der Waals surface area contributed by atoms with Crippen LogP contribution in [0.2, 0.25) is 5.02 Å². The van der Waals surface area contributed by atoms with Gasteiger partial charge in [0.05, 0.1) is 27.3 Å².